The molecule has 5 heteroatoms. The lowest BCUT2D eigenvalue weighted by Gasteiger charge is -2.25. The second-order valence-electron chi connectivity index (χ2n) is 5.05. The maximum Gasteiger partial charge on any atom is 0.169 e. The Bertz CT molecular complexity index is 619. The number of imidazole rings is 1. The van der Waals surface area contributed by atoms with E-state index in [4.69, 9.17) is 17.2 Å². The molecule has 4 nitrogen and oxygen atoms in total. The van der Waals surface area contributed by atoms with Crippen LogP contribution in [0.2, 0.25) is 0 Å². The topological polar surface area (TPSA) is 44.0 Å². The number of nitrogens with one attached hydrogen (secondary N) is 2. The molecule has 1 saturated heterocycles. The van der Waals surface area contributed by atoms with E-state index in [1.54, 1.807) is 0 Å². The van der Waals surface area contributed by atoms with Gasteiger partial charge in [-0.05, 0) is 49.7 Å². The first-order valence-corrected chi connectivity index (χ1v) is 7.04. The van der Waals surface area contributed by atoms with Gasteiger partial charge in [0.25, 0.3) is 0 Å². The lowest BCUT2D eigenvalue weighted by Crippen LogP contribution is -2.37. The number of rotatable bonds is 1. The van der Waals surface area contributed by atoms with Crippen molar-refractivity contribution in [3.8, 4) is 0 Å². The van der Waals surface area contributed by atoms with Gasteiger partial charge in [0.15, 0.2) is 5.11 Å². The highest BCUT2D eigenvalue weighted by Crippen LogP contribution is 2.31. The third kappa shape index (κ3) is 2.18. The van der Waals surface area contributed by atoms with Crippen LogP contribution in [-0.4, -0.2) is 33.6 Å². The summed E-state index contributed by atoms with van der Waals surface area (Å²) in [5.74, 6) is 1.02. The number of nitrogens with zero attached hydrogens (tertiary/aromatic N) is 2. The van der Waals surface area contributed by atoms with Gasteiger partial charge < -0.3 is 15.2 Å². The molecular formula is C14H18N4S. The second-order valence-corrected chi connectivity index (χ2v) is 5.44. The normalized spacial score (nSPS) is 19.1. The van der Waals surface area contributed by atoms with Crippen LogP contribution in [-0.2, 0) is 0 Å². The minimum absolute atomic E-state index is 0.271. The summed E-state index contributed by atoms with van der Waals surface area (Å²) >= 11 is 5.37. The second kappa shape index (κ2) is 4.81. The van der Waals surface area contributed by atoms with Crippen molar-refractivity contribution in [3.05, 3.63) is 29.6 Å². The van der Waals surface area contributed by atoms with E-state index in [1.165, 1.54) is 5.56 Å². The van der Waals surface area contributed by atoms with Crippen LogP contribution < -0.4 is 5.32 Å². The van der Waals surface area contributed by atoms with Crippen LogP contribution in [0.4, 0.5) is 0 Å². The van der Waals surface area contributed by atoms with Crippen molar-refractivity contribution in [3.63, 3.8) is 0 Å². The SMILES string of the molecule is CNC(=S)N1CCC[C@@H]1c1nc2ccc(C)cc2[nH]1. The Balaban J connectivity index is 1.97. The summed E-state index contributed by atoms with van der Waals surface area (Å²) in [5.41, 5.74) is 3.39. The minimum atomic E-state index is 0.271. The average Bonchev–Trinajstić information content (AvgIpc) is 3.02. The van der Waals surface area contributed by atoms with Gasteiger partial charge in [0.2, 0.25) is 0 Å². The number of hydrogen-bond acceptors (Lipinski definition) is 2. The van der Waals surface area contributed by atoms with Crippen LogP contribution >= 0.6 is 12.2 Å². The lowest BCUT2D eigenvalue weighted by molar-refractivity contribution is 0.383. The van der Waals surface area contributed by atoms with E-state index >= 15 is 0 Å². The van der Waals surface area contributed by atoms with Gasteiger partial charge in [-0.25, -0.2) is 4.98 Å². The third-order valence-electron chi connectivity index (χ3n) is 3.70. The van der Waals surface area contributed by atoms with Crippen LogP contribution in [0.5, 0.6) is 0 Å². The van der Waals surface area contributed by atoms with Crippen LogP contribution in [0.15, 0.2) is 18.2 Å². The number of aryl methyl sites for hydroxylation is 1. The lowest BCUT2D eigenvalue weighted by atomic mass is 10.2. The van der Waals surface area contributed by atoms with Crippen molar-refractivity contribution < 1.29 is 0 Å². The maximum atomic E-state index is 5.37. The monoisotopic (exact) mass is 274 g/mol. The number of benzene rings is 1. The minimum Gasteiger partial charge on any atom is -0.366 e. The molecule has 0 unspecified atom stereocenters. The number of likely N-dealkylation sites (tertiary alicyclic amines) is 1. The predicted octanol–water partition coefficient (Wildman–Crippen LogP) is 2.51. The highest BCUT2D eigenvalue weighted by atomic mass is 32.1. The number of hydrogen-bond donors (Lipinski definition) is 2. The van der Waals surface area contributed by atoms with E-state index in [2.05, 4.69) is 40.3 Å². The van der Waals surface area contributed by atoms with E-state index in [0.717, 1.165) is 41.4 Å². The predicted molar refractivity (Wildman–Crippen MR) is 81.2 cm³/mol. The van der Waals surface area contributed by atoms with Crippen molar-refractivity contribution in [2.75, 3.05) is 13.6 Å². The van der Waals surface area contributed by atoms with E-state index in [1.807, 2.05) is 7.05 Å². The van der Waals surface area contributed by atoms with Gasteiger partial charge in [0.1, 0.15) is 5.82 Å². The molecule has 1 atom stereocenters. The Labute approximate surface area is 118 Å². The summed E-state index contributed by atoms with van der Waals surface area (Å²) in [6, 6.07) is 6.58. The van der Waals surface area contributed by atoms with Crippen LogP contribution in [0.3, 0.4) is 0 Å². The Morgan fingerprint density at radius 2 is 2.37 bits per heavy atom. The molecule has 0 aliphatic carbocycles. The van der Waals surface area contributed by atoms with Crippen molar-refractivity contribution in [1.29, 1.82) is 0 Å². The zero-order valence-corrected chi connectivity index (χ0v) is 12.0. The summed E-state index contributed by atoms with van der Waals surface area (Å²) in [7, 11) is 1.87. The summed E-state index contributed by atoms with van der Waals surface area (Å²) in [6.45, 7) is 3.10. The van der Waals surface area contributed by atoms with E-state index in [-0.39, 0.29) is 6.04 Å². The third-order valence-corrected chi connectivity index (χ3v) is 4.14. The van der Waals surface area contributed by atoms with Crippen molar-refractivity contribution in [2.24, 2.45) is 0 Å². The standard InChI is InChI=1S/C14H18N4S/c1-9-5-6-10-11(8-9)17-13(16-10)12-4-3-7-18(12)14(19)15-2/h5-6,8,12H,3-4,7H2,1-2H3,(H,15,19)(H,16,17)/t12-/m1/s1. The molecule has 2 heterocycles. The molecule has 0 amide bonds. The molecule has 0 spiro atoms. The zero-order valence-electron chi connectivity index (χ0n) is 11.2. The zero-order chi connectivity index (χ0) is 13.4. The Morgan fingerprint density at radius 1 is 1.53 bits per heavy atom. The molecule has 1 aliphatic heterocycles. The molecule has 0 saturated carbocycles. The van der Waals surface area contributed by atoms with E-state index < -0.39 is 0 Å². The highest BCUT2D eigenvalue weighted by Gasteiger charge is 2.29. The molecule has 100 valence electrons. The fourth-order valence-corrected chi connectivity index (χ4v) is 2.96. The van der Waals surface area contributed by atoms with Crippen LogP contribution in [0.25, 0.3) is 11.0 Å². The van der Waals surface area contributed by atoms with Gasteiger partial charge >= 0.3 is 0 Å². The van der Waals surface area contributed by atoms with Crippen molar-refractivity contribution in [1.82, 2.24) is 20.2 Å². The molecule has 19 heavy (non-hydrogen) atoms. The van der Waals surface area contributed by atoms with Crippen molar-refractivity contribution >= 4 is 28.4 Å². The van der Waals surface area contributed by atoms with E-state index in [9.17, 15) is 0 Å². The summed E-state index contributed by atoms with van der Waals surface area (Å²) in [5, 5.41) is 3.87. The molecule has 1 fully saturated rings. The van der Waals surface area contributed by atoms with Gasteiger partial charge in [-0.3, -0.25) is 0 Å². The molecule has 2 N–H and O–H groups in total. The molecule has 1 aromatic heterocycles. The number of H-pyrrole nitrogens is 1. The Hall–Kier alpha value is -1.62. The number of fused-ring (bicyclic) bond motifs is 1. The van der Waals surface area contributed by atoms with Gasteiger partial charge in [-0.15, -0.1) is 0 Å². The molecule has 1 aliphatic rings. The molecular weight excluding hydrogens is 256 g/mol. The van der Waals surface area contributed by atoms with Gasteiger partial charge in [-0.1, -0.05) is 6.07 Å². The maximum absolute atomic E-state index is 5.37. The molecule has 2 aromatic rings. The largest absolute Gasteiger partial charge is 0.366 e. The first kappa shape index (κ1) is 12.4. The molecule has 1 aromatic carbocycles. The first-order chi connectivity index (χ1) is 9.19. The smallest absolute Gasteiger partial charge is 0.169 e. The van der Waals surface area contributed by atoms with Crippen LogP contribution in [0, 0.1) is 6.92 Å². The fraction of sp³-hybridized carbons (Fsp3) is 0.429. The van der Waals surface area contributed by atoms with Gasteiger partial charge in [-0.2, -0.15) is 0 Å². The molecule has 3 rings (SSSR count). The number of aromatic amines is 1. The quantitative estimate of drug-likeness (QED) is 0.784. The van der Waals surface area contributed by atoms with Gasteiger partial charge in [0, 0.05) is 13.6 Å². The van der Waals surface area contributed by atoms with Crippen LogP contribution in [0.1, 0.15) is 30.3 Å². The van der Waals surface area contributed by atoms with E-state index in [0.29, 0.717) is 0 Å². The molecule has 0 bridgehead atoms. The van der Waals surface area contributed by atoms with Gasteiger partial charge in [0.05, 0.1) is 17.1 Å². The summed E-state index contributed by atoms with van der Waals surface area (Å²) in [6.07, 6.45) is 2.25. The average molecular weight is 274 g/mol. The molecule has 0 radical (unpaired) electrons. The van der Waals surface area contributed by atoms with Crippen molar-refractivity contribution in [2.45, 2.75) is 25.8 Å². The summed E-state index contributed by atoms with van der Waals surface area (Å²) in [4.78, 5) is 10.4. The number of aromatic nitrogens is 2. The Morgan fingerprint density at radius 3 is 3.16 bits per heavy atom. The fourth-order valence-electron chi connectivity index (χ4n) is 2.74. The first-order valence-electron chi connectivity index (χ1n) is 6.63. The highest BCUT2D eigenvalue weighted by molar-refractivity contribution is 7.80. The summed E-state index contributed by atoms with van der Waals surface area (Å²) < 4.78 is 0. The number of thiocarbonyl (C=S) groups is 1. The Kier molecular flexibility index (Phi) is 3.14.